The first-order valence-corrected chi connectivity index (χ1v) is 9.92. The number of hydrogen-bond donors (Lipinski definition) is 0. The van der Waals surface area contributed by atoms with Crippen LogP contribution in [0.15, 0.2) is 39.2 Å². The number of hydrogen-bond acceptors (Lipinski definition) is 6. The average molecular weight is 374 g/mol. The van der Waals surface area contributed by atoms with Gasteiger partial charge in [0.15, 0.2) is 0 Å². The zero-order valence-electron chi connectivity index (χ0n) is 12.7. The average Bonchev–Trinajstić information content (AvgIpc) is 3.04. The molecule has 0 aliphatic heterocycles. The summed E-state index contributed by atoms with van der Waals surface area (Å²) in [5.74, 6) is -3.42. The fraction of sp³-hybridized carbons (Fsp3) is 0.500. The third kappa shape index (κ3) is 3.59. The minimum Gasteiger partial charge on any atom is -0.218 e. The summed E-state index contributed by atoms with van der Waals surface area (Å²) in [4.78, 5) is 0.295. The minimum atomic E-state index is -4.57. The predicted molar refractivity (Wildman–Crippen MR) is 83.7 cm³/mol. The van der Waals surface area contributed by atoms with E-state index in [1.54, 1.807) is 4.68 Å². The van der Waals surface area contributed by atoms with Crippen LogP contribution in [-0.4, -0.2) is 34.4 Å². The summed E-state index contributed by atoms with van der Waals surface area (Å²) in [7, 11) is -4.57. The lowest BCUT2D eigenvalue weighted by atomic mass is 9.96. The maximum Gasteiger partial charge on any atom is 0.341 e. The van der Waals surface area contributed by atoms with Crippen LogP contribution in [0.5, 0.6) is 0 Å². The third-order valence-corrected chi connectivity index (χ3v) is 6.34. The lowest BCUT2D eigenvalue weighted by molar-refractivity contribution is 0.234. The fourth-order valence-electron chi connectivity index (χ4n) is 2.71. The van der Waals surface area contributed by atoms with Crippen molar-refractivity contribution in [1.82, 2.24) is 20.2 Å². The van der Waals surface area contributed by atoms with Gasteiger partial charge in [0.05, 0.1) is 10.9 Å². The molecule has 2 aromatic rings. The first-order chi connectivity index (χ1) is 11.5. The van der Waals surface area contributed by atoms with E-state index in [0.29, 0.717) is 10.1 Å². The van der Waals surface area contributed by atoms with Gasteiger partial charge in [0.25, 0.3) is 0 Å². The molecule has 0 amide bonds. The van der Waals surface area contributed by atoms with Gasteiger partial charge in [0, 0.05) is 4.90 Å². The van der Waals surface area contributed by atoms with Gasteiger partial charge in [0.2, 0.25) is 15.0 Å². The molecule has 1 fully saturated rings. The number of nitrogens with zero attached hydrogens (tertiary/aromatic N) is 4. The molecule has 10 heteroatoms. The van der Waals surface area contributed by atoms with Crippen molar-refractivity contribution >= 4 is 21.6 Å². The summed E-state index contributed by atoms with van der Waals surface area (Å²) in [5, 5.41) is 12.4. The molecule has 0 radical (unpaired) electrons. The molecule has 130 valence electrons. The lowest BCUT2D eigenvalue weighted by Crippen LogP contribution is -2.15. The van der Waals surface area contributed by atoms with Gasteiger partial charge in [-0.3, -0.25) is 0 Å². The second-order valence-corrected chi connectivity index (χ2v) is 8.54. The quantitative estimate of drug-likeness (QED) is 0.799. The molecule has 1 saturated carbocycles. The Kier molecular flexibility index (Phi) is 5.14. The van der Waals surface area contributed by atoms with Crippen molar-refractivity contribution in [2.24, 2.45) is 0 Å². The topological polar surface area (TPSA) is 77.7 Å². The van der Waals surface area contributed by atoms with Gasteiger partial charge >= 0.3 is 5.76 Å². The molecule has 6 nitrogen and oxygen atoms in total. The van der Waals surface area contributed by atoms with E-state index in [4.69, 9.17) is 0 Å². The van der Waals surface area contributed by atoms with Gasteiger partial charge in [-0.05, 0) is 59.3 Å². The molecule has 24 heavy (non-hydrogen) atoms. The molecule has 0 unspecified atom stereocenters. The first-order valence-electron chi connectivity index (χ1n) is 7.56. The monoisotopic (exact) mass is 374 g/mol. The minimum absolute atomic E-state index is 0.273. The predicted octanol–water partition coefficient (Wildman–Crippen LogP) is 3.33. The van der Waals surface area contributed by atoms with Crippen molar-refractivity contribution in [1.29, 1.82) is 0 Å². The van der Waals surface area contributed by atoms with Crippen LogP contribution in [0, 0.1) is 0 Å². The van der Waals surface area contributed by atoms with E-state index in [1.807, 2.05) is 0 Å². The van der Waals surface area contributed by atoms with Crippen LogP contribution < -0.4 is 0 Å². The SMILES string of the molecule is O=S(=O)(c1ccc(Sc2nnnn2C2CCCCC2)cc1)C(F)F. The van der Waals surface area contributed by atoms with Crippen LogP contribution in [0.4, 0.5) is 8.78 Å². The zero-order valence-corrected chi connectivity index (χ0v) is 14.3. The Morgan fingerprint density at radius 2 is 1.79 bits per heavy atom. The van der Waals surface area contributed by atoms with Crippen LogP contribution in [0.1, 0.15) is 38.1 Å². The molecule has 0 N–H and O–H groups in total. The van der Waals surface area contributed by atoms with Gasteiger partial charge in [-0.15, -0.1) is 5.10 Å². The molecule has 0 spiro atoms. The van der Waals surface area contributed by atoms with Crippen LogP contribution in [0.25, 0.3) is 0 Å². The van der Waals surface area contributed by atoms with Crippen molar-refractivity contribution in [2.75, 3.05) is 0 Å². The van der Waals surface area contributed by atoms with Crippen LogP contribution >= 0.6 is 11.8 Å². The highest BCUT2D eigenvalue weighted by Gasteiger charge is 2.26. The highest BCUT2D eigenvalue weighted by molar-refractivity contribution is 7.99. The smallest absolute Gasteiger partial charge is 0.218 e. The Labute approximate surface area is 142 Å². The van der Waals surface area contributed by atoms with Crippen molar-refractivity contribution in [3.63, 3.8) is 0 Å². The van der Waals surface area contributed by atoms with Crippen LogP contribution in [-0.2, 0) is 9.84 Å². The second-order valence-electron chi connectivity index (χ2n) is 5.58. The molecule has 1 heterocycles. The van der Waals surface area contributed by atoms with E-state index in [2.05, 4.69) is 15.5 Å². The highest BCUT2D eigenvalue weighted by atomic mass is 32.2. The fourth-order valence-corrected chi connectivity index (χ4v) is 4.27. The van der Waals surface area contributed by atoms with E-state index in [1.165, 1.54) is 42.4 Å². The molecular weight excluding hydrogens is 358 g/mol. The summed E-state index contributed by atoms with van der Waals surface area (Å²) in [5.41, 5.74) is 0. The summed E-state index contributed by atoms with van der Waals surface area (Å²) in [6.45, 7) is 0. The standard InChI is InChI=1S/C14H16F2N4O2S2/c15-13(16)24(21,22)12-8-6-11(7-9-12)23-14-17-18-19-20(14)10-4-2-1-3-5-10/h6-10,13H,1-5H2. The molecule has 1 aromatic heterocycles. The normalized spacial score (nSPS) is 16.6. The van der Waals surface area contributed by atoms with Gasteiger partial charge in [-0.2, -0.15) is 8.78 Å². The van der Waals surface area contributed by atoms with E-state index in [0.717, 1.165) is 25.7 Å². The van der Waals surface area contributed by atoms with Crippen molar-refractivity contribution < 1.29 is 17.2 Å². The van der Waals surface area contributed by atoms with Crippen LogP contribution in [0.3, 0.4) is 0 Å². The van der Waals surface area contributed by atoms with Gasteiger partial charge in [-0.1, -0.05) is 19.3 Å². The Balaban J connectivity index is 1.77. The number of aromatic nitrogens is 4. The Morgan fingerprint density at radius 1 is 1.12 bits per heavy atom. The lowest BCUT2D eigenvalue weighted by Gasteiger charge is -2.21. The Bertz CT molecular complexity index is 787. The molecule has 1 aromatic carbocycles. The van der Waals surface area contributed by atoms with E-state index < -0.39 is 20.5 Å². The molecule has 3 rings (SSSR count). The number of alkyl halides is 2. The highest BCUT2D eigenvalue weighted by Crippen LogP contribution is 2.33. The number of tetrazole rings is 1. The summed E-state index contributed by atoms with van der Waals surface area (Å²) >= 11 is 1.29. The largest absolute Gasteiger partial charge is 0.341 e. The second kappa shape index (κ2) is 7.14. The van der Waals surface area contributed by atoms with Gasteiger partial charge < -0.3 is 0 Å². The van der Waals surface area contributed by atoms with Crippen molar-refractivity contribution in [2.45, 2.75) is 58.9 Å². The number of halogens is 2. The molecule has 0 atom stereocenters. The Morgan fingerprint density at radius 3 is 2.42 bits per heavy atom. The maximum absolute atomic E-state index is 12.5. The molecule has 0 bridgehead atoms. The molecular formula is C14H16F2N4O2S2. The van der Waals surface area contributed by atoms with E-state index in [-0.39, 0.29) is 6.04 Å². The maximum atomic E-state index is 12.5. The molecule has 1 aliphatic carbocycles. The molecule has 0 saturated heterocycles. The number of rotatable bonds is 5. The molecule has 1 aliphatic rings. The summed E-state index contributed by atoms with van der Waals surface area (Å²) in [6.07, 6.45) is 5.58. The van der Waals surface area contributed by atoms with Crippen molar-refractivity contribution in [3.05, 3.63) is 24.3 Å². The van der Waals surface area contributed by atoms with Gasteiger partial charge in [-0.25, -0.2) is 13.1 Å². The summed E-state index contributed by atoms with van der Waals surface area (Å²) < 4.78 is 49.7. The number of benzene rings is 1. The zero-order chi connectivity index (χ0) is 17.2. The van der Waals surface area contributed by atoms with E-state index in [9.17, 15) is 17.2 Å². The summed E-state index contributed by atoms with van der Waals surface area (Å²) in [6, 6.07) is 5.60. The van der Waals surface area contributed by atoms with E-state index >= 15 is 0 Å². The Hall–Kier alpha value is -1.55. The van der Waals surface area contributed by atoms with Crippen molar-refractivity contribution in [3.8, 4) is 0 Å². The first kappa shape index (κ1) is 17.3. The van der Waals surface area contributed by atoms with Gasteiger partial charge in [0.1, 0.15) is 0 Å². The number of sulfone groups is 1. The third-order valence-electron chi connectivity index (χ3n) is 3.98. The van der Waals surface area contributed by atoms with Crippen LogP contribution in [0.2, 0.25) is 0 Å².